The summed E-state index contributed by atoms with van der Waals surface area (Å²) in [5.74, 6) is 0.282. The summed E-state index contributed by atoms with van der Waals surface area (Å²) in [4.78, 5) is 5.03. The molecule has 4 aromatic carbocycles. The SMILES string of the molecule is Nc1c(-c2ccccc2)c(CN2CCN(C(c3ccccc3)c3ccccc3)CC2)nn1-c1ccc(F)cc1. The van der Waals surface area contributed by atoms with Crippen molar-refractivity contribution in [3.05, 3.63) is 138 Å². The summed E-state index contributed by atoms with van der Waals surface area (Å²) in [5, 5.41) is 4.94. The average Bonchev–Trinajstić information content (AvgIpc) is 3.31. The Bertz CT molecular complexity index is 1450. The monoisotopic (exact) mass is 517 g/mol. The number of anilines is 1. The van der Waals surface area contributed by atoms with Crippen molar-refractivity contribution >= 4 is 5.82 Å². The van der Waals surface area contributed by atoms with Crippen LogP contribution in [0.2, 0.25) is 0 Å². The Kier molecular flexibility index (Phi) is 7.21. The van der Waals surface area contributed by atoms with Gasteiger partial charge in [0.2, 0.25) is 0 Å². The highest BCUT2D eigenvalue weighted by atomic mass is 19.1. The van der Waals surface area contributed by atoms with Crippen LogP contribution in [-0.2, 0) is 6.54 Å². The van der Waals surface area contributed by atoms with E-state index in [9.17, 15) is 4.39 Å². The molecule has 2 heterocycles. The Morgan fingerprint density at radius 2 is 1.23 bits per heavy atom. The third-order valence-electron chi connectivity index (χ3n) is 7.50. The summed E-state index contributed by atoms with van der Waals surface area (Å²) < 4.78 is 15.3. The lowest BCUT2D eigenvalue weighted by Gasteiger charge is -2.39. The molecule has 39 heavy (non-hydrogen) atoms. The first-order chi connectivity index (χ1) is 19.2. The second kappa shape index (κ2) is 11.2. The molecule has 1 fully saturated rings. The third-order valence-corrected chi connectivity index (χ3v) is 7.50. The van der Waals surface area contributed by atoms with Gasteiger partial charge < -0.3 is 5.73 Å². The number of nitrogens with zero attached hydrogens (tertiary/aromatic N) is 4. The van der Waals surface area contributed by atoms with Crippen molar-refractivity contribution in [2.24, 2.45) is 0 Å². The molecular weight excluding hydrogens is 485 g/mol. The van der Waals surface area contributed by atoms with Crippen molar-refractivity contribution in [3.8, 4) is 16.8 Å². The predicted molar refractivity (Wildman–Crippen MR) is 155 cm³/mol. The predicted octanol–water partition coefficient (Wildman–Crippen LogP) is 6.17. The number of benzene rings is 4. The summed E-state index contributed by atoms with van der Waals surface area (Å²) >= 11 is 0. The Labute approximate surface area is 228 Å². The van der Waals surface area contributed by atoms with E-state index in [2.05, 4.69) is 82.6 Å². The first-order valence-corrected chi connectivity index (χ1v) is 13.4. The zero-order chi connectivity index (χ0) is 26.6. The molecule has 0 atom stereocenters. The summed E-state index contributed by atoms with van der Waals surface area (Å²) in [7, 11) is 0. The van der Waals surface area contributed by atoms with E-state index in [1.54, 1.807) is 16.8 Å². The topological polar surface area (TPSA) is 50.3 Å². The maximum Gasteiger partial charge on any atom is 0.135 e. The zero-order valence-electron chi connectivity index (χ0n) is 21.8. The summed E-state index contributed by atoms with van der Waals surface area (Å²) in [6, 6.07) is 38.2. The van der Waals surface area contributed by atoms with E-state index >= 15 is 0 Å². The molecule has 0 saturated carbocycles. The minimum atomic E-state index is -0.282. The number of hydrogen-bond acceptors (Lipinski definition) is 4. The second-order valence-corrected chi connectivity index (χ2v) is 10.00. The zero-order valence-corrected chi connectivity index (χ0v) is 21.8. The van der Waals surface area contributed by atoms with Crippen molar-refractivity contribution in [2.45, 2.75) is 12.6 Å². The van der Waals surface area contributed by atoms with E-state index in [-0.39, 0.29) is 11.9 Å². The number of piperazine rings is 1. The van der Waals surface area contributed by atoms with Gasteiger partial charge in [0.1, 0.15) is 11.6 Å². The van der Waals surface area contributed by atoms with E-state index in [1.807, 2.05) is 18.2 Å². The van der Waals surface area contributed by atoms with E-state index < -0.39 is 0 Å². The lowest BCUT2D eigenvalue weighted by atomic mass is 9.96. The van der Waals surface area contributed by atoms with Gasteiger partial charge in [0.05, 0.1) is 17.4 Å². The molecular formula is C33H32FN5. The van der Waals surface area contributed by atoms with Gasteiger partial charge in [0.15, 0.2) is 0 Å². The van der Waals surface area contributed by atoms with Crippen molar-refractivity contribution < 1.29 is 4.39 Å². The Balaban J connectivity index is 1.25. The molecule has 1 aliphatic rings. The lowest BCUT2D eigenvalue weighted by Crippen LogP contribution is -2.47. The molecule has 196 valence electrons. The molecule has 5 aromatic rings. The van der Waals surface area contributed by atoms with Crippen LogP contribution in [-0.4, -0.2) is 45.8 Å². The van der Waals surface area contributed by atoms with E-state index in [4.69, 9.17) is 10.8 Å². The van der Waals surface area contributed by atoms with Crippen molar-refractivity contribution in [2.75, 3.05) is 31.9 Å². The van der Waals surface area contributed by atoms with Gasteiger partial charge in [-0.25, -0.2) is 9.07 Å². The van der Waals surface area contributed by atoms with Gasteiger partial charge in [-0.15, -0.1) is 0 Å². The lowest BCUT2D eigenvalue weighted by molar-refractivity contribution is 0.104. The Morgan fingerprint density at radius 3 is 1.79 bits per heavy atom. The molecule has 0 unspecified atom stereocenters. The van der Waals surface area contributed by atoms with Crippen LogP contribution < -0.4 is 5.73 Å². The fraction of sp³-hybridized carbons (Fsp3) is 0.182. The minimum absolute atomic E-state index is 0.225. The number of rotatable bonds is 7. The third kappa shape index (κ3) is 5.35. The number of nitrogen functional groups attached to an aromatic ring is 1. The molecule has 1 aromatic heterocycles. The van der Waals surface area contributed by atoms with Crippen LogP contribution in [0.5, 0.6) is 0 Å². The molecule has 1 saturated heterocycles. The van der Waals surface area contributed by atoms with Gasteiger partial charge in [-0.1, -0.05) is 91.0 Å². The van der Waals surface area contributed by atoms with Crippen LogP contribution >= 0.6 is 0 Å². The molecule has 0 bridgehead atoms. The number of hydrogen-bond donors (Lipinski definition) is 1. The van der Waals surface area contributed by atoms with Crippen LogP contribution in [0.3, 0.4) is 0 Å². The molecule has 0 radical (unpaired) electrons. The normalized spacial score (nSPS) is 14.6. The summed E-state index contributed by atoms with van der Waals surface area (Å²) in [5.41, 5.74) is 13.0. The van der Waals surface area contributed by atoms with Gasteiger partial charge in [-0.3, -0.25) is 9.80 Å². The highest BCUT2D eigenvalue weighted by Crippen LogP contribution is 2.34. The second-order valence-electron chi connectivity index (χ2n) is 10.00. The number of nitrogens with two attached hydrogens (primary N) is 1. The van der Waals surface area contributed by atoms with E-state index in [0.717, 1.165) is 48.7 Å². The molecule has 2 N–H and O–H groups in total. The minimum Gasteiger partial charge on any atom is -0.383 e. The molecule has 0 amide bonds. The standard InChI is InChI=1S/C33H32FN5/c34-28-16-18-29(19-17-28)39-33(35)31(25-10-4-1-5-11-25)30(36-39)24-37-20-22-38(23-21-37)32(26-12-6-2-7-13-26)27-14-8-3-9-15-27/h1-19,32H,20-24,35H2. The molecule has 6 heteroatoms. The van der Waals surface area contributed by atoms with Gasteiger partial charge in [-0.2, -0.15) is 5.10 Å². The maximum absolute atomic E-state index is 13.6. The fourth-order valence-electron chi connectivity index (χ4n) is 5.56. The Hall–Kier alpha value is -4.26. The molecule has 6 rings (SSSR count). The van der Waals surface area contributed by atoms with Crippen LogP contribution in [0.15, 0.2) is 115 Å². The molecule has 0 aliphatic carbocycles. The van der Waals surface area contributed by atoms with Crippen LogP contribution in [0.1, 0.15) is 22.9 Å². The smallest absolute Gasteiger partial charge is 0.135 e. The maximum atomic E-state index is 13.6. The van der Waals surface area contributed by atoms with Crippen molar-refractivity contribution in [1.82, 2.24) is 19.6 Å². The first-order valence-electron chi connectivity index (χ1n) is 13.4. The highest BCUT2D eigenvalue weighted by Gasteiger charge is 2.28. The van der Waals surface area contributed by atoms with Crippen LogP contribution in [0.4, 0.5) is 10.2 Å². The largest absolute Gasteiger partial charge is 0.383 e. The number of halogens is 1. The number of aromatic nitrogens is 2. The molecule has 0 spiro atoms. The van der Waals surface area contributed by atoms with Crippen molar-refractivity contribution in [3.63, 3.8) is 0 Å². The summed E-state index contributed by atoms with van der Waals surface area (Å²) in [6.07, 6.45) is 0. The first kappa shape index (κ1) is 25.0. The molecule has 1 aliphatic heterocycles. The summed E-state index contributed by atoms with van der Waals surface area (Å²) in [6.45, 7) is 4.44. The van der Waals surface area contributed by atoms with Gasteiger partial charge in [0.25, 0.3) is 0 Å². The van der Waals surface area contributed by atoms with Gasteiger partial charge in [-0.05, 0) is 41.0 Å². The fourth-order valence-corrected chi connectivity index (χ4v) is 5.56. The van der Waals surface area contributed by atoms with E-state index in [0.29, 0.717) is 12.4 Å². The quantitative estimate of drug-likeness (QED) is 0.281. The van der Waals surface area contributed by atoms with Crippen LogP contribution in [0, 0.1) is 5.82 Å². The average molecular weight is 518 g/mol. The van der Waals surface area contributed by atoms with Crippen molar-refractivity contribution in [1.29, 1.82) is 0 Å². The highest BCUT2D eigenvalue weighted by molar-refractivity contribution is 5.77. The van der Waals surface area contributed by atoms with Gasteiger partial charge in [0, 0.05) is 38.3 Å². The Morgan fingerprint density at radius 1 is 0.692 bits per heavy atom. The van der Waals surface area contributed by atoms with Crippen LogP contribution in [0.25, 0.3) is 16.8 Å². The van der Waals surface area contributed by atoms with Gasteiger partial charge >= 0.3 is 0 Å². The molecule has 5 nitrogen and oxygen atoms in total. The van der Waals surface area contributed by atoms with E-state index in [1.165, 1.54) is 23.3 Å².